The minimum Gasteiger partial charge on any atom is -0.369 e. The number of carbonyl (C=O) groups excluding carboxylic acids is 3. The van der Waals surface area contributed by atoms with Crippen molar-refractivity contribution >= 4 is 40.0 Å². The number of hydrogen-bond donors (Lipinski definition) is 3. The van der Waals surface area contributed by atoms with Crippen LogP contribution in [0, 0.1) is 5.92 Å². The lowest BCUT2D eigenvalue weighted by atomic mass is 9.96. The Morgan fingerprint density at radius 3 is 2.54 bits per heavy atom. The Balaban J connectivity index is 1.42. The van der Waals surface area contributed by atoms with E-state index in [1.165, 1.54) is 11.3 Å². The highest BCUT2D eigenvalue weighted by molar-refractivity contribution is 7.13. The number of rotatable bonds is 6. The van der Waals surface area contributed by atoms with Crippen molar-refractivity contribution in [3.8, 4) is 0 Å². The average molecular weight is 401 g/mol. The van der Waals surface area contributed by atoms with Crippen LogP contribution in [0.5, 0.6) is 0 Å². The number of para-hydroxylation sites is 1. The van der Waals surface area contributed by atoms with Crippen LogP contribution in [0.3, 0.4) is 0 Å². The summed E-state index contributed by atoms with van der Waals surface area (Å²) >= 11 is 1.32. The molecule has 1 aromatic carbocycles. The molecule has 1 fully saturated rings. The molecule has 3 rings (SSSR count). The van der Waals surface area contributed by atoms with Gasteiger partial charge in [0.1, 0.15) is 0 Å². The highest BCUT2D eigenvalue weighted by Crippen LogP contribution is 2.20. The fourth-order valence-corrected chi connectivity index (χ4v) is 3.81. The largest absolute Gasteiger partial charge is 0.369 e. The lowest BCUT2D eigenvalue weighted by Crippen LogP contribution is -2.41. The lowest BCUT2D eigenvalue weighted by Gasteiger charge is -2.30. The number of primary amides is 1. The van der Waals surface area contributed by atoms with E-state index >= 15 is 0 Å². The van der Waals surface area contributed by atoms with Crippen molar-refractivity contribution in [2.75, 3.05) is 23.7 Å². The summed E-state index contributed by atoms with van der Waals surface area (Å²) in [4.78, 5) is 41.7. The molecular formula is C19H23N5O3S. The summed E-state index contributed by atoms with van der Waals surface area (Å²) in [6.45, 7) is 1.13. The number of nitrogens with two attached hydrogens (primary N) is 1. The Kier molecular flexibility index (Phi) is 6.59. The number of hydrogen-bond acceptors (Lipinski definition) is 5. The van der Waals surface area contributed by atoms with Gasteiger partial charge in [-0.2, -0.15) is 0 Å². The molecule has 0 spiro atoms. The second-order valence-corrected chi connectivity index (χ2v) is 7.50. The summed E-state index contributed by atoms with van der Waals surface area (Å²) in [5, 5.41) is 7.75. The van der Waals surface area contributed by atoms with Gasteiger partial charge < -0.3 is 16.0 Å². The third-order valence-corrected chi connectivity index (χ3v) is 5.46. The summed E-state index contributed by atoms with van der Waals surface area (Å²) in [5.41, 5.74) is 6.78. The second-order valence-electron chi connectivity index (χ2n) is 6.65. The maximum absolute atomic E-state index is 12.3. The van der Waals surface area contributed by atoms with E-state index in [2.05, 4.69) is 15.6 Å². The number of benzene rings is 1. The molecule has 148 valence electrons. The molecule has 0 saturated carbocycles. The zero-order chi connectivity index (χ0) is 19.9. The monoisotopic (exact) mass is 401 g/mol. The first-order chi connectivity index (χ1) is 13.5. The van der Waals surface area contributed by atoms with E-state index in [9.17, 15) is 14.4 Å². The van der Waals surface area contributed by atoms with Crippen LogP contribution < -0.4 is 16.4 Å². The predicted octanol–water partition coefficient (Wildman–Crippen LogP) is 2.44. The Morgan fingerprint density at radius 2 is 1.86 bits per heavy atom. The van der Waals surface area contributed by atoms with Crippen molar-refractivity contribution in [1.82, 2.24) is 9.88 Å². The quantitative estimate of drug-likeness (QED) is 0.689. The smallest absolute Gasteiger partial charge is 0.325 e. The summed E-state index contributed by atoms with van der Waals surface area (Å²) in [6, 6.07) is 8.78. The Hall–Kier alpha value is -2.94. The fraction of sp³-hybridized carbons (Fsp3) is 0.368. The molecule has 9 heteroatoms. The number of piperidine rings is 1. The number of thiazole rings is 1. The van der Waals surface area contributed by atoms with Crippen LogP contribution in [-0.4, -0.2) is 40.8 Å². The standard InChI is InChI=1S/C19H23N5O3S/c20-17(26)13-8-10-24(11-9-13)16(25)7-6-15-12-28-19(22-15)23-18(27)21-14-4-2-1-3-5-14/h1-5,12-13H,6-11H2,(H2,20,26)(H2,21,22,23,27). The van der Waals surface area contributed by atoms with Crippen molar-refractivity contribution in [3.63, 3.8) is 0 Å². The number of carbonyl (C=O) groups is 3. The van der Waals surface area contributed by atoms with Crippen molar-refractivity contribution in [3.05, 3.63) is 41.4 Å². The van der Waals surface area contributed by atoms with Crippen molar-refractivity contribution in [2.45, 2.75) is 25.7 Å². The predicted molar refractivity (Wildman–Crippen MR) is 108 cm³/mol. The van der Waals surface area contributed by atoms with Crippen LogP contribution in [0.1, 0.15) is 25.0 Å². The number of nitrogens with zero attached hydrogens (tertiary/aromatic N) is 2. The summed E-state index contributed by atoms with van der Waals surface area (Å²) < 4.78 is 0. The number of urea groups is 1. The van der Waals surface area contributed by atoms with Gasteiger partial charge in [-0.25, -0.2) is 9.78 Å². The fourth-order valence-electron chi connectivity index (χ4n) is 3.07. The molecule has 0 atom stereocenters. The van der Waals surface area contributed by atoms with Gasteiger partial charge in [-0.3, -0.25) is 14.9 Å². The first-order valence-electron chi connectivity index (χ1n) is 9.16. The number of amides is 4. The molecule has 1 saturated heterocycles. The van der Waals surface area contributed by atoms with Crippen LogP contribution in [-0.2, 0) is 16.0 Å². The normalized spacial score (nSPS) is 14.5. The molecule has 2 heterocycles. The Bertz CT molecular complexity index is 831. The molecular weight excluding hydrogens is 378 g/mol. The third-order valence-electron chi connectivity index (χ3n) is 4.65. The van der Waals surface area contributed by atoms with Crippen LogP contribution in [0.15, 0.2) is 35.7 Å². The van der Waals surface area contributed by atoms with E-state index in [0.717, 1.165) is 5.69 Å². The maximum Gasteiger partial charge on any atom is 0.325 e. The van der Waals surface area contributed by atoms with Gasteiger partial charge in [-0.05, 0) is 31.4 Å². The molecule has 4 N–H and O–H groups in total. The molecule has 8 nitrogen and oxygen atoms in total. The number of aromatic nitrogens is 1. The van der Waals surface area contributed by atoms with Crippen molar-refractivity contribution in [2.24, 2.45) is 11.7 Å². The van der Waals surface area contributed by atoms with E-state index < -0.39 is 0 Å². The van der Waals surface area contributed by atoms with Gasteiger partial charge in [0.05, 0.1) is 5.69 Å². The van der Waals surface area contributed by atoms with E-state index in [1.54, 1.807) is 17.0 Å². The first kappa shape index (κ1) is 19.8. The van der Waals surface area contributed by atoms with E-state index in [-0.39, 0.29) is 23.8 Å². The summed E-state index contributed by atoms with van der Waals surface area (Å²) in [7, 11) is 0. The van der Waals surface area contributed by atoms with Gasteiger partial charge in [-0.15, -0.1) is 11.3 Å². The van der Waals surface area contributed by atoms with E-state index in [4.69, 9.17) is 5.73 Å². The topological polar surface area (TPSA) is 117 Å². The number of anilines is 2. The highest BCUT2D eigenvalue weighted by atomic mass is 32.1. The van der Waals surface area contributed by atoms with Crippen LogP contribution in [0.25, 0.3) is 0 Å². The first-order valence-corrected chi connectivity index (χ1v) is 10.0. The lowest BCUT2D eigenvalue weighted by molar-refractivity contribution is -0.134. The molecule has 28 heavy (non-hydrogen) atoms. The molecule has 0 bridgehead atoms. The average Bonchev–Trinajstić information content (AvgIpc) is 3.14. The maximum atomic E-state index is 12.3. The second kappa shape index (κ2) is 9.32. The molecule has 0 aliphatic carbocycles. The van der Waals surface area contributed by atoms with Gasteiger partial charge in [0, 0.05) is 36.5 Å². The van der Waals surface area contributed by atoms with Gasteiger partial charge in [0.25, 0.3) is 0 Å². The number of nitrogens with one attached hydrogen (secondary N) is 2. The van der Waals surface area contributed by atoms with Gasteiger partial charge >= 0.3 is 6.03 Å². The molecule has 1 aliphatic heterocycles. The summed E-state index contributed by atoms with van der Waals surface area (Å²) in [5.74, 6) is -0.364. The molecule has 1 aromatic heterocycles. The number of aryl methyl sites for hydroxylation is 1. The SMILES string of the molecule is NC(=O)C1CCN(C(=O)CCc2csc(NC(=O)Nc3ccccc3)n2)CC1. The molecule has 4 amide bonds. The van der Waals surface area contributed by atoms with E-state index in [0.29, 0.717) is 49.6 Å². The third kappa shape index (κ3) is 5.53. The van der Waals surface area contributed by atoms with Crippen LogP contribution >= 0.6 is 11.3 Å². The van der Waals surface area contributed by atoms with Gasteiger partial charge in [0.15, 0.2) is 5.13 Å². The zero-order valence-electron chi connectivity index (χ0n) is 15.4. The van der Waals surface area contributed by atoms with Crippen molar-refractivity contribution < 1.29 is 14.4 Å². The molecule has 2 aromatic rings. The van der Waals surface area contributed by atoms with Crippen LogP contribution in [0.2, 0.25) is 0 Å². The van der Waals surface area contributed by atoms with Crippen molar-refractivity contribution in [1.29, 1.82) is 0 Å². The Labute approximate surface area is 167 Å². The van der Waals surface area contributed by atoms with Crippen LogP contribution in [0.4, 0.5) is 15.6 Å². The minimum atomic E-state index is -0.361. The zero-order valence-corrected chi connectivity index (χ0v) is 16.2. The molecule has 0 unspecified atom stereocenters. The number of likely N-dealkylation sites (tertiary alicyclic amines) is 1. The Morgan fingerprint density at radius 1 is 1.14 bits per heavy atom. The van der Waals surface area contributed by atoms with E-state index in [1.807, 2.05) is 23.6 Å². The molecule has 0 radical (unpaired) electrons. The summed E-state index contributed by atoms with van der Waals surface area (Å²) in [6.07, 6.45) is 2.11. The van der Waals surface area contributed by atoms with Gasteiger partial charge in [0.2, 0.25) is 11.8 Å². The van der Waals surface area contributed by atoms with Gasteiger partial charge in [-0.1, -0.05) is 18.2 Å². The minimum absolute atomic E-state index is 0.0484. The highest BCUT2D eigenvalue weighted by Gasteiger charge is 2.25. The molecule has 1 aliphatic rings.